The number of rotatable bonds is 0. The van der Waals surface area contributed by atoms with E-state index in [1.54, 1.807) is 0 Å². The molecule has 3 fully saturated rings. The van der Waals surface area contributed by atoms with E-state index in [2.05, 4.69) is 0 Å². The van der Waals surface area contributed by atoms with Gasteiger partial charge in [-0.2, -0.15) is 70.2 Å². The van der Waals surface area contributed by atoms with Crippen molar-refractivity contribution in [2.24, 2.45) is 0 Å². The Labute approximate surface area is 154 Å². The Balaban J connectivity index is 2.71. The molecule has 0 spiro atoms. The maximum Gasteiger partial charge on any atom is 0.390 e. The van der Waals surface area contributed by atoms with E-state index in [4.69, 9.17) is 0 Å². The molecule has 0 aromatic carbocycles. The fourth-order valence-corrected chi connectivity index (χ4v) is 3.86. The van der Waals surface area contributed by atoms with Crippen molar-refractivity contribution in [1.82, 2.24) is 4.90 Å². The lowest BCUT2D eigenvalue weighted by atomic mass is 9.63. The van der Waals surface area contributed by atoms with Crippen molar-refractivity contribution in [3.05, 3.63) is 0 Å². The van der Waals surface area contributed by atoms with Gasteiger partial charge in [-0.3, -0.25) is 0 Å². The maximum atomic E-state index is 14.8. The molecule has 2 aliphatic heterocycles. The predicted molar refractivity (Wildman–Crippen MR) is 52.9 cm³/mol. The van der Waals surface area contributed by atoms with Crippen molar-refractivity contribution in [2.45, 2.75) is 64.8 Å². The van der Waals surface area contributed by atoms with E-state index in [0.29, 0.717) is 0 Å². The third-order valence-corrected chi connectivity index (χ3v) is 5.45. The summed E-state index contributed by atoms with van der Waals surface area (Å²) in [5.74, 6) is -58.0. The van der Waals surface area contributed by atoms with Gasteiger partial charge in [-0.15, -0.1) is 4.90 Å². The predicted octanol–water partition coefficient (Wildman–Crippen LogP) is 5.41. The largest absolute Gasteiger partial charge is 0.390 e. The number of piperidine rings is 1. The fourth-order valence-electron chi connectivity index (χ4n) is 3.86. The Bertz CT molecular complexity index is 846. The molecule has 0 amide bonds. The van der Waals surface area contributed by atoms with Crippen LogP contribution in [0.3, 0.4) is 0 Å². The van der Waals surface area contributed by atoms with Gasteiger partial charge in [-0.1, -0.05) is 0 Å². The van der Waals surface area contributed by atoms with Gasteiger partial charge in [0.25, 0.3) is 11.5 Å². The van der Waals surface area contributed by atoms with Gasteiger partial charge < -0.3 is 0 Å². The molecule has 2 saturated heterocycles. The number of alkyl halides is 19. The highest BCUT2D eigenvalue weighted by Crippen LogP contribution is 2.84. The van der Waals surface area contributed by atoms with Gasteiger partial charge in [-0.05, 0) is 0 Å². The van der Waals surface area contributed by atoms with E-state index in [1.165, 1.54) is 0 Å². The van der Waals surface area contributed by atoms with Gasteiger partial charge in [0, 0.05) is 0 Å². The van der Waals surface area contributed by atoms with Crippen molar-refractivity contribution >= 4 is 0 Å². The SMILES string of the molecule is FC1(F)N2C(F)(F)C(F)(C(F)(F)C1(F)F)C1(F)C(F)(F)C(F)(F)C(F)(F)C(F)(F)C21F. The summed E-state index contributed by atoms with van der Waals surface area (Å²) in [7, 11) is 0. The van der Waals surface area contributed by atoms with E-state index in [1.807, 2.05) is 0 Å². The van der Waals surface area contributed by atoms with Crippen LogP contribution in [0.25, 0.3) is 0 Å². The first kappa shape index (κ1) is 24.3. The molecule has 31 heavy (non-hydrogen) atoms. The summed E-state index contributed by atoms with van der Waals surface area (Å²) in [4.78, 5) is -4.29. The van der Waals surface area contributed by atoms with Crippen LogP contribution in [0.2, 0.25) is 0 Å². The van der Waals surface area contributed by atoms with Crippen LogP contribution in [0, 0.1) is 0 Å². The minimum Gasteiger partial charge on any atom is -0.227 e. The summed E-state index contributed by atoms with van der Waals surface area (Å²) in [6, 6.07) is -16.0. The van der Waals surface area contributed by atoms with Crippen molar-refractivity contribution in [1.29, 1.82) is 0 Å². The zero-order valence-electron chi connectivity index (χ0n) is 13.1. The molecule has 0 N–H and O–H groups in total. The van der Waals surface area contributed by atoms with Crippen LogP contribution in [0.5, 0.6) is 0 Å². The summed E-state index contributed by atoms with van der Waals surface area (Å²) >= 11 is 0. The van der Waals surface area contributed by atoms with Crippen LogP contribution in [-0.4, -0.2) is 69.7 Å². The van der Waals surface area contributed by atoms with Crippen molar-refractivity contribution in [2.75, 3.05) is 0 Å². The average Bonchev–Trinajstić information content (AvgIpc) is 2.66. The van der Waals surface area contributed by atoms with E-state index < -0.39 is 69.7 Å². The minimum absolute atomic E-state index is 4.29. The van der Waals surface area contributed by atoms with Crippen LogP contribution >= 0.6 is 0 Å². The van der Waals surface area contributed by atoms with Crippen LogP contribution in [0.15, 0.2) is 0 Å². The fraction of sp³-hybridized carbons (Fsp3) is 1.00. The van der Waals surface area contributed by atoms with Crippen LogP contribution in [-0.2, 0) is 0 Å². The quantitative estimate of drug-likeness (QED) is 0.314. The van der Waals surface area contributed by atoms with Gasteiger partial charge >= 0.3 is 53.3 Å². The second kappa shape index (κ2) is 4.78. The molecule has 0 aromatic rings. The Morgan fingerprint density at radius 3 is 1.00 bits per heavy atom. The number of hydrogen-bond acceptors (Lipinski definition) is 1. The highest BCUT2D eigenvalue weighted by atomic mass is 19.4. The third kappa shape index (κ3) is 1.52. The smallest absolute Gasteiger partial charge is 0.227 e. The number of fused-ring (bicyclic) bond motifs is 5. The van der Waals surface area contributed by atoms with Crippen LogP contribution in [0.1, 0.15) is 0 Å². The Kier molecular flexibility index (Phi) is 3.74. The molecule has 0 aromatic heterocycles. The first-order valence-corrected chi connectivity index (χ1v) is 7.01. The zero-order valence-corrected chi connectivity index (χ0v) is 13.1. The van der Waals surface area contributed by atoms with E-state index in [9.17, 15) is 83.4 Å². The number of nitrogens with zero attached hydrogens (tertiary/aromatic N) is 1. The summed E-state index contributed by atoms with van der Waals surface area (Å²) in [6.45, 7) is 0. The number of halogens is 19. The molecule has 1 nitrogen and oxygen atoms in total. The van der Waals surface area contributed by atoms with Gasteiger partial charge in [0.15, 0.2) is 0 Å². The van der Waals surface area contributed by atoms with Gasteiger partial charge in [0.1, 0.15) is 0 Å². The Morgan fingerprint density at radius 1 is 0.290 bits per heavy atom. The van der Waals surface area contributed by atoms with Gasteiger partial charge in [-0.25, -0.2) is 13.2 Å². The molecule has 1 saturated carbocycles. The molecule has 4 atom stereocenters. The lowest BCUT2D eigenvalue weighted by Gasteiger charge is -2.54. The lowest BCUT2D eigenvalue weighted by molar-refractivity contribution is -0.495. The lowest BCUT2D eigenvalue weighted by Crippen LogP contribution is -2.89. The summed E-state index contributed by atoms with van der Waals surface area (Å²) in [5, 5.41) is 0. The van der Waals surface area contributed by atoms with Crippen molar-refractivity contribution in [3.8, 4) is 0 Å². The standard InChI is InChI=1S/C11F19N/c12-1-2(13)4(16,17)8(24,25)11(29,30)31(10(2,27)28)9(1,26)7(22,23)6(20,21)5(18,19)3(1,14)15. The molecular weight excluding hydrogens is 507 g/mol. The van der Waals surface area contributed by atoms with Crippen molar-refractivity contribution in [3.63, 3.8) is 0 Å². The minimum atomic E-state index is -8.52. The molecular formula is C11F19N. The normalized spacial score (nSPS) is 48.7. The number of hydrogen-bond donors (Lipinski definition) is 0. The molecule has 3 aliphatic rings. The highest BCUT2D eigenvalue weighted by Gasteiger charge is 3.18. The highest BCUT2D eigenvalue weighted by molar-refractivity contribution is 5.45. The Morgan fingerprint density at radius 2 is 0.613 bits per heavy atom. The molecule has 0 radical (unpaired) electrons. The topological polar surface area (TPSA) is 3.24 Å². The molecule has 4 unspecified atom stereocenters. The molecule has 2 bridgehead atoms. The van der Waals surface area contributed by atoms with E-state index in [0.717, 1.165) is 0 Å². The first-order valence-electron chi connectivity index (χ1n) is 7.01. The molecule has 182 valence electrons. The zero-order chi connectivity index (χ0) is 25.1. The van der Waals surface area contributed by atoms with E-state index in [-0.39, 0.29) is 0 Å². The second-order valence-corrected chi connectivity index (χ2v) is 6.80. The third-order valence-electron chi connectivity index (χ3n) is 5.45. The molecule has 2 heterocycles. The first-order chi connectivity index (χ1) is 13.1. The average molecular weight is 507 g/mol. The molecule has 3 rings (SSSR count). The monoisotopic (exact) mass is 507 g/mol. The van der Waals surface area contributed by atoms with E-state index >= 15 is 0 Å². The van der Waals surface area contributed by atoms with Crippen LogP contribution in [0.4, 0.5) is 83.4 Å². The summed E-state index contributed by atoms with van der Waals surface area (Å²) in [5.41, 5.74) is -16.9. The maximum absolute atomic E-state index is 14.8. The summed E-state index contributed by atoms with van der Waals surface area (Å²) < 4.78 is 263. The van der Waals surface area contributed by atoms with Gasteiger partial charge in [0.05, 0.1) is 0 Å². The Hall–Kier alpha value is -1.37. The summed E-state index contributed by atoms with van der Waals surface area (Å²) in [6.07, 6.45) is 0. The van der Waals surface area contributed by atoms with Crippen LogP contribution < -0.4 is 0 Å². The molecule has 1 aliphatic carbocycles. The molecule has 20 heteroatoms. The van der Waals surface area contributed by atoms with Crippen molar-refractivity contribution < 1.29 is 83.4 Å². The second-order valence-electron chi connectivity index (χ2n) is 6.80. The van der Waals surface area contributed by atoms with Gasteiger partial charge in [0.2, 0.25) is 0 Å².